The summed E-state index contributed by atoms with van der Waals surface area (Å²) < 4.78 is 0. The Bertz CT molecular complexity index is 125. The maximum Gasteiger partial charge on any atom is 0.0273 e. The first-order chi connectivity index (χ1) is 4.74. The first-order valence-corrected chi connectivity index (χ1v) is 4.06. The Morgan fingerprint density at radius 2 is 2.30 bits per heavy atom. The summed E-state index contributed by atoms with van der Waals surface area (Å²) in [5.41, 5.74) is 1.27. The van der Waals surface area contributed by atoms with Gasteiger partial charge in [-0.3, -0.25) is 0 Å². The summed E-state index contributed by atoms with van der Waals surface area (Å²) in [5.74, 6) is 0.995. The molecule has 0 aliphatic heterocycles. The standard InChI is InChI=1S/C9H17N/c1-7(2)9(10-3)6-8-4-5-8/h8-10H,1,4-6H2,2-3H3. The second kappa shape index (κ2) is 3.20. The summed E-state index contributed by atoms with van der Waals surface area (Å²) in [6, 6.07) is 0.562. The maximum atomic E-state index is 3.94. The Morgan fingerprint density at radius 3 is 2.60 bits per heavy atom. The molecule has 0 saturated heterocycles. The molecule has 0 radical (unpaired) electrons. The zero-order valence-electron chi connectivity index (χ0n) is 6.98. The molecule has 1 unspecified atom stereocenters. The molecule has 1 fully saturated rings. The molecule has 1 rings (SSSR count). The van der Waals surface area contributed by atoms with Crippen LogP contribution in [0.3, 0.4) is 0 Å². The lowest BCUT2D eigenvalue weighted by molar-refractivity contribution is 0.550. The Balaban J connectivity index is 2.24. The average molecular weight is 139 g/mol. The van der Waals surface area contributed by atoms with Gasteiger partial charge in [-0.15, -0.1) is 0 Å². The largest absolute Gasteiger partial charge is 0.313 e. The molecule has 0 aromatic rings. The van der Waals surface area contributed by atoms with Gasteiger partial charge in [0.1, 0.15) is 0 Å². The lowest BCUT2D eigenvalue weighted by atomic mass is 10.0. The SMILES string of the molecule is C=C(C)C(CC1CC1)NC. The average Bonchev–Trinajstić information content (AvgIpc) is 2.64. The van der Waals surface area contributed by atoms with Crippen molar-refractivity contribution < 1.29 is 0 Å². The summed E-state index contributed by atoms with van der Waals surface area (Å²) in [6.07, 6.45) is 4.17. The highest BCUT2D eigenvalue weighted by Crippen LogP contribution is 2.34. The summed E-state index contributed by atoms with van der Waals surface area (Å²) in [4.78, 5) is 0. The van der Waals surface area contributed by atoms with E-state index >= 15 is 0 Å². The van der Waals surface area contributed by atoms with Crippen LogP contribution in [0, 0.1) is 5.92 Å². The van der Waals surface area contributed by atoms with E-state index < -0.39 is 0 Å². The van der Waals surface area contributed by atoms with Crippen molar-refractivity contribution in [1.29, 1.82) is 0 Å². The molecule has 58 valence electrons. The molecule has 1 heteroatoms. The van der Waals surface area contributed by atoms with Crippen molar-refractivity contribution in [3.63, 3.8) is 0 Å². The molecule has 0 bridgehead atoms. The van der Waals surface area contributed by atoms with Crippen molar-refractivity contribution in [2.45, 2.75) is 32.2 Å². The van der Waals surface area contributed by atoms with Crippen LogP contribution in [0.4, 0.5) is 0 Å². The van der Waals surface area contributed by atoms with Gasteiger partial charge in [-0.1, -0.05) is 25.0 Å². The van der Waals surface area contributed by atoms with Crippen LogP contribution in [0.1, 0.15) is 26.2 Å². The van der Waals surface area contributed by atoms with E-state index in [0.29, 0.717) is 6.04 Å². The molecule has 1 nitrogen and oxygen atoms in total. The molecular weight excluding hydrogens is 122 g/mol. The zero-order valence-corrected chi connectivity index (χ0v) is 6.98. The molecular formula is C9H17N. The van der Waals surface area contributed by atoms with E-state index in [1.54, 1.807) is 0 Å². The molecule has 0 spiro atoms. The first-order valence-electron chi connectivity index (χ1n) is 4.06. The molecule has 1 N–H and O–H groups in total. The summed E-state index contributed by atoms with van der Waals surface area (Å²) in [6.45, 7) is 6.05. The van der Waals surface area contributed by atoms with Gasteiger partial charge in [0.05, 0.1) is 0 Å². The lowest BCUT2D eigenvalue weighted by Crippen LogP contribution is -2.26. The molecule has 0 aromatic heterocycles. The van der Waals surface area contributed by atoms with E-state index in [9.17, 15) is 0 Å². The van der Waals surface area contributed by atoms with Crippen LogP contribution >= 0.6 is 0 Å². The van der Waals surface area contributed by atoms with Crippen LogP contribution < -0.4 is 5.32 Å². The number of hydrogen-bond donors (Lipinski definition) is 1. The Morgan fingerprint density at radius 1 is 1.70 bits per heavy atom. The van der Waals surface area contributed by atoms with Gasteiger partial charge in [0, 0.05) is 6.04 Å². The van der Waals surface area contributed by atoms with Crippen LogP contribution in [-0.4, -0.2) is 13.1 Å². The molecule has 0 aromatic carbocycles. The predicted molar refractivity (Wildman–Crippen MR) is 45.0 cm³/mol. The fourth-order valence-corrected chi connectivity index (χ4v) is 1.25. The highest BCUT2D eigenvalue weighted by molar-refractivity contribution is 5.02. The van der Waals surface area contributed by atoms with Crippen LogP contribution in [0.2, 0.25) is 0 Å². The molecule has 0 amide bonds. The molecule has 0 heterocycles. The molecule has 1 atom stereocenters. The van der Waals surface area contributed by atoms with Gasteiger partial charge in [-0.05, 0) is 26.3 Å². The third-order valence-electron chi connectivity index (χ3n) is 2.21. The first kappa shape index (κ1) is 7.80. The Kier molecular flexibility index (Phi) is 2.50. The van der Waals surface area contributed by atoms with Crippen LogP contribution in [0.5, 0.6) is 0 Å². The summed E-state index contributed by atoms with van der Waals surface area (Å²) in [7, 11) is 2.02. The van der Waals surface area contributed by atoms with E-state index in [2.05, 4.69) is 18.8 Å². The lowest BCUT2D eigenvalue weighted by Gasteiger charge is -2.14. The summed E-state index contributed by atoms with van der Waals surface area (Å²) >= 11 is 0. The van der Waals surface area contributed by atoms with Crippen molar-refractivity contribution in [2.75, 3.05) is 7.05 Å². The molecule has 1 aliphatic carbocycles. The highest BCUT2D eigenvalue weighted by atomic mass is 14.9. The molecule has 10 heavy (non-hydrogen) atoms. The van der Waals surface area contributed by atoms with E-state index in [1.807, 2.05) is 7.05 Å². The maximum absolute atomic E-state index is 3.94. The normalized spacial score (nSPS) is 20.6. The van der Waals surface area contributed by atoms with Gasteiger partial charge in [0.25, 0.3) is 0 Å². The molecule has 1 aliphatic rings. The van der Waals surface area contributed by atoms with Crippen molar-refractivity contribution >= 4 is 0 Å². The predicted octanol–water partition coefficient (Wildman–Crippen LogP) is 1.95. The van der Waals surface area contributed by atoms with Crippen molar-refractivity contribution in [3.05, 3.63) is 12.2 Å². The Labute approximate surface area is 63.5 Å². The number of hydrogen-bond acceptors (Lipinski definition) is 1. The van der Waals surface area contributed by atoms with E-state index in [-0.39, 0.29) is 0 Å². The van der Waals surface area contributed by atoms with Gasteiger partial charge in [-0.2, -0.15) is 0 Å². The van der Waals surface area contributed by atoms with Crippen molar-refractivity contribution in [3.8, 4) is 0 Å². The second-order valence-electron chi connectivity index (χ2n) is 3.37. The number of likely N-dealkylation sites (N-methyl/N-ethyl adjacent to an activating group) is 1. The third kappa shape index (κ3) is 2.14. The monoisotopic (exact) mass is 139 g/mol. The van der Waals surface area contributed by atoms with Crippen molar-refractivity contribution in [1.82, 2.24) is 5.32 Å². The molecule has 1 saturated carbocycles. The van der Waals surface area contributed by atoms with Gasteiger partial charge >= 0.3 is 0 Å². The Hall–Kier alpha value is -0.300. The minimum absolute atomic E-state index is 0.562. The third-order valence-corrected chi connectivity index (χ3v) is 2.21. The number of nitrogens with one attached hydrogen (secondary N) is 1. The summed E-state index contributed by atoms with van der Waals surface area (Å²) in [5, 5.41) is 3.27. The quantitative estimate of drug-likeness (QED) is 0.587. The fraction of sp³-hybridized carbons (Fsp3) is 0.778. The van der Waals surface area contributed by atoms with E-state index in [0.717, 1.165) is 5.92 Å². The van der Waals surface area contributed by atoms with Gasteiger partial charge < -0.3 is 5.32 Å². The van der Waals surface area contributed by atoms with Crippen LogP contribution in [0.15, 0.2) is 12.2 Å². The minimum Gasteiger partial charge on any atom is -0.313 e. The van der Waals surface area contributed by atoms with Gasteiger partial charge in [0.15, 0.2) is 0 Å². The van der Waals surface area contributed by atoms with Crippen molar-refractivity contribution in [2.24, 2.45) is 5.92 Å². The minimum atomic E-state index is 0.562. The van der Waals surface area contributed by atoms with Gasteiger partial charge in [0.2, 0.25) is 0 Å². The highest BCUT2D eigenvalue weighted by Gasteiger charge is 2.24. The fourth-order valence-electron chi connectivity index (χ4n) is 1.25. The van der Waals surface area contributed by atoms with E-state index in [1.165, 1.54) is 24.8 Å². The topological polar surface area (TPSA) is 12.0 Å². The smallest absolute Gasteiger partial charge is 0.0273 e. The van der Waals surface area contributed by atoms with Crippen LogP contribution in [-0.2, 0) is 0 Å². The van der Waals surface area contributed by atoms with E-state index in [4.69, 9.17) is 0 Å². The number of rotatable bonds is 4. The zero-order chi connectivity index (χ0) is 7.56. The van der Waals surface area contributed by atoms with Crippen LogP contribution in [0.25, 0.3) is 0 Å². The van der Waals surface area contributed by atoms with Gasteiger partial charge in [-0.25, -0.2) is 0 Å². The second-order valence-corrected chi connectivity index (χ2v) is 3.37.